The first-order chi connectivity index (χ1) is 12.5. The van der Waals surface area contributed by atoms with E-state index in [1.54, 1.807) is 18.3 Å². The quantitative estimate of drug-likeness (QED) is 0.737. The average molecular weight is 377 g/mol. The summed E-state index contributed by atoms with van der Waals surface area (Å²) in [6.45, 7) is 4.53. The molecular formula is C16H19N5O4S. The lowest BCUT2D eigenvalue weighted by atomic mass is 10.2. The molecular weight excluding hydrogens is 358 g/mol. The minimum absolute atomic E-state index is 0.0957. The van der Waals surface area contributed by atoms with Gasteiger partial charge in [0.1, 0.15) is 16.6 Å². The smallest absolute Gasteiger partial charge is 0.246 e. The van der Waals surface area contributed by atoms with E-state index in [4.69, 9.17) is 9.15 Å². The normalized spacial score (nSPS) is 19.4. The molecule has 1 aliphatic rings. The van der Waals surface area contributed by atoms with Crippen molar-refractivity contribution in [3.63, 3.8) is 0 Å². The van der Waals surface area contributed by atoms with Crippen LogP contribution in [0.1, 0.15) is 37.7 Å². The molecule has 1 saturated heterocycles. The first-order valence-electron chi connectivity index (χ1n) is 8.34. The van der Waals surface area contributed by atoms with Crippen LogP contribution in [0.4, 0.5) is 0 Å². The molecule has 9 nitrogen and oxygen atoms in total. The Morgan fingerprint density at radius 2 is 2.19 bits per heavy atom. The summed E-state index contributed by atoms with van der Waals surface area (Å²) in [5.41, 5.74) is 0.536. The summed E-state index contributed by atoms with van der Waals surface area (Å²) in [7, 11) is -3.70. The van der Waals surface area contributed by atoms with Crippen LogP contribution in [0.2, 0.25) is 0 Å². The van der Waals surface area contributed by atoms with Gasteiger partial charge in [-0.3, -0.25) is 0 Å². The molecule has 26 heavy (non-hydrogen) atoms. The van der Waals surface area contributed by atoms with Gasteiger partial charge in [0.15, 0.2) is 0 Å². The number of sulfonamides is 1. The molecule has 1 atom stereocenters. The van der Waals surface area contributed by atoms with Gasteiger partial charge < -0.3 is 14.1 Å². The van der Waals surface area contributed by atoms with Crippen molar-refractivity contribution >= 4 is 21.1 Å². The summed E-state index contributed by atoms with van der Waals surface area (Å²) in [5, 5.41) is 8.57. The highest BCUT2D eigenvalue weighted by Gasteiger charge is 2.35. The van der Waals surface area contributed by atoms with Gasteiger partial charge in [0.25, 0.3) is 0 Å². The molecule has 4 heterocycles. The highest BCUT2D eigenvalue weighted by atomic mass is 32.2. The van der Waals surface area contributed by atoms with Crippen molar-refractivity contribution < 1.29 is 17.6 Å². The Kier molecular flexibility index (Phi) is 4.25. The number of fused-ring (bicyclic) bond motifs is 1. The number of nitrogens with one attached hydrogen (secondary N) is 1. The van der Waals surface area contributed by atoms with Crippen LogP contribution < -0.4 is 0 Å². The van der Waals surface area contributed by atoms with E-state index in [9.17, 15) is 8.42 Å². The number of nitrogens with zero attached hydrogens (tertiary/aromatic N) is 4. The van der Waals surface area contributed by atoms with Crippen molar-refractivity contribution in [2.45, 2.75) is 30.8 Å². The van der Waals surface area contributed by atoms with Crippen LogP contribution in [-0.4, -0.2) is 52.6 Å². The molecule has 10 heteroatoms. The number of morpholine rings is 1. The zero-order chi connectivity index (χ0) is 18.3. The molecule has 1 aliphatic heterocycles. The van der Waals surface area contributed by atoms with Crippen LogP contribution in [-0.2, 0) is 14.8 Å². The Bertz CT molecular complexity index is 1030. The van der Waals surface area contributed by atoms with Gasteiger partial charge in [0.05, 0.1) is 6.61 Å². The maximum Gasteiger partial charge on any atom is 0.246 e. The van der Waals surface area contributed by atoms with Crippen LogP contribution in [0.25, 0.3) is 11.0 Å². The van der Waals surface area contributed by atoms with E-state index in [0.717, 1.165) is 0 Å². The Balaban J connectivity index is 1.62. The van der Waals surface area contributed by atoms with E-state index in [1.165, 1.54) is 10.5 Å². The number of H-pyrrole nitrogens is 1. The largest absolute Gasteiger partial charge is 0.422 e. The van der Waals surface area contributed by atoms with Crippen molar-refractivity contribution in [1.29, 1.82) is 0 Å². The lowest BCUT2D eigenvalue weighted by Crippen LogP contribution is -2.42. The fourth-order valence-electron chi connectivity index (χ4n) is 2.89. The minimum Gasteiger partial charge on any atom is -0.422 e. The molecule has 0 saturated carbocycles. The molecule has 3 aromatic rings. The summed E-state index contributed by atoms with van der Waals surface area (Å²) in [5.74, 6) is 0.902. The van der Waals surface area contributed by atoms with Crippen molar-refractivity contribution in [3.8, 4) is 0 Å². The van der Waals surface area contributed by atoms with Crippen molar-refractivity contribution in [2.75, 3.05) is 19.7 Å². The Labute approximate surface area is 150 Å². The lowest BCUT2D eigenvalue weighted by Gasteiger charge is -2.30. The average Bonchev–Trinajstić information content (AvgIpc) is 3.29. The van der Waals surface area contributed by atoms with E-state index < -0.39 is 16.1 Å². The fraction of sp³-hybridized carbons (Fsp3) is 0.438. The van der Waals surface area contributed by atoms with Crippen LogP contribution in [0.15, 0.2) is 33.8 Å². The Morgan fingerprint density at radius 3 is 2.96 bits per heavy atom. The molecule has 1 N–H and O–H groups in total. The van der Waals surface area contributed by atoms with Crippen LogP contribution in [0.5, 0.6) is 0 Å². The molecule has 0 unspecified atom stereocenters. The van der Waals surface area contributed by atoms with Gasteiger partial charge in [-0.15, -0.1) is 10.2 Å². The minimum atomic E-state index is -3.70. The van der Waals surface area contributed by atoms with Crippen molar-refractivity contribution in [2.24, 2.45) is 0 Å². The van der Waals surface area contributed by atoms with Crippen molar-refractivity contribution in [3.05, 3.63) is 36.3 Å². The Morgan fingerprint density at radius 1 is 1.35 bits per heavy atom. The topological polar surface area (TPSA) is 114 Å². The van der Waals surface area contributed by atoms with Crippen LogP contribution in [0.3, 0.4) is 0 Å². The lowest BCUT2D eigenvalue weighted by molar-refractivity contribution is -0.0179. The number of aromatic nitrogens is 4. The van der Waals surface area contributed by atoms with Gasteiger partial charge in [-0.25, -0.2) is 13.4 Å². The number of aromatic amines is 1. The number of ether oxygens (including phenoxy) is 1. The zero-order valence-corrected chi connectivity index (χ0v) is 15.2. The summed E-state index contributed by atoms with van der Waals surface area (Å²) in [6.07, 6.45) is 2.50. The predicted molar refractivity (Wildman–Crippen MR) is 91.9 cm³/mol. The number of rotatable bonds is 4. The molecule has 0 amide bonds. The molecule has 4 rings (SSSR count). The summed E-state index contributed by atoms with van der Waals surface area (Å²) in [4.78, 5) is 7.25. The molecule has 0 spiro atoms. The van der Waals surface area contributed by atoms with E-state index in [-0.39, 0.29) is 30.5 Å². The fourth-order valence-corrected chi connectivity index (χ4v) is 4.46. The second-order valence-corrected chi connectivity index (χ2v) is 8.31. The third-order valence-corrected chi connectivity index (χ3v) is 6.19. The summed E-state index contributed by atoms with van der Waals surface area (Å²) < 4.78 is 38.9. The third-order valence-electron chi connectivity index (χ3n) is 4.29. The first-order valence-corrected chi connectivity index (χ1v) is 9.78. The third kappa shape index (κ3) is 2.89. The summed E-state index contributed by atoms with van der Waals surface area (Å²) in [6, 6.07) is 3.44. The van der Waals surface area contributed by atoms with Gasteiger partial charge in [-0.05, 0) is 12.1 Å². The van der Waals surface area contributed by atoms with Gasteiger partial charge >= 0.3 is 0 Å². The second-order valence-electron chi connectivity index (χ2n) is 6.41. The maximum atomic E-state index is 13.1. The van der Waals surface area contributed by atoms with Gasteiger partial charge in [0.2, 0.25) is 21.8 Å². The molecule has 138 valence electrons. The molecule has 3 aromatic heterocycles. The second kappa shape index (κ2) is 6.45. The van der Waals surface area contributed by atoms with Crippen molar-refractivity contribution in [1.82, 2.24) is 24.5 Å². The van der Waals surface area contributed by atoms with Gasteiger partial charge in [0, 0.05) is 36.8 Å². The van der Waals surface area contributed by atoms with Crippen LogP contribution in [0, 0.1) is 0 Å². The van der Waals surface area contributed by atoms with E-state index >= 15 is 0 Å². The molecule has 0 aliphatic carbocycles. The van der Waals surface area contributed by atoms with E-state index in [2.05, 4.69) is 20.2 Å². The van der Waals surface area contributed by atoms with E-state index in [0.29, 0.717) is 22.8 Å². The van der Waals surface area contributed by atoms with Gasteiger partial charge in [-0.1, -0.05) is 13.8 Å². The first kappa shape index (κ1) is 17.1. The highest BCUT2D eigenvalue weighted by molar-refractivity contribution is 7.89. The van der Waals surface area contributed by atoms with Gasteiger partial charge in [-0.2, -0.15) is 4.31 Å². The summed E-state index contributed by atoms with van der Waals surface area (Å²) >= 11 is 0. The maximum absolute atomic E-state index is 13.1. The monoisotopic (exact) mass is 377 g/mol. The Hall–Kier alpha value is -2.30. The molecule has 0 radical (unpaired) electrons. The highest BCUT2D eigenvalue weighted by Crippen LogP contribution is 2.29. The number of hydrogen-bond donors (Lipinski definition) is 1. The molecule has 0 aromatic carbocycles. The molecule has 0 bridgehead atoms. The predicted octanol–water partition coefficient (Wildman–Crippen LogP) is 1.83. The molecule has 1 fully saturated rings. The van der Waals surface area contributed by atoms with Crippen LogP contribution >= 0.6 is 0 Å². The standard InChI is InChI=1S/C16H19N5O4S/c1-10(2)15-19-20-16(25-15)12-9-21(6-7-24-12)26(22,23)13-8-18-14-11(13)4-3-5-17-14/h3-5,8,10,12H,6-7,9H2,1-2H3,(H,17,18)/t12-/m1/s1. The zero-order valence-electron chi connectivity index (χ0n) is 14.4. The van der Waals surface area contributed by atoms with E-state index in [1.807, 2.05) is 13.8 Å². The number of hydrogen-bond acceptors (Lipinski definition) is 7. The number of pyridine rings is 1. The SMILES string of the molecule is CC(C)c1nnc([C@H]2CN(S(=O)(=O)c3c[nH]c4ncccc34)CCO2)o1.